The van der Waals surface area contributed by atoms with E-state index in [0.29, 0.717) is 40.1 Å². The fourth-order valence-electron chi connectivity index (χ4n) is 7.40. The summed E-state index contributed by atoms with van der Waals surface area (Å²) in [5.41, 5.74) is 1.28. The molecule has 0 aliphatic rings. The van der Waals surface area contributed by atoms with Crippen LogP contribution in [0.25, 0.3) is 0 Å². The number of benzene rings is 1. The molecule has 30 nitrogen and oxygen atoms in total. The lowest BCUT2D eigenvalue weighted by molar-refractivity contribution is -0.150. The van der Waals surface area contributed by atoms with E-state index < -0.39 is 136 Å². The molecular weight excluding hydrogens is 1020 g/mol. The van der Waals surface area contributed by atoms with E-state index >= 15 is 0 Å². The number of carboxylic acids is 6. The lowest BCUT2D eigenvalue weighted by atomic mass is 10.1. The zero-order chi connectivity index (χ0) is 55.8. The van der Waals surface area contributed by atoms with Gasteiger partial charge in [0.2, 0.25) is 23.6 Å². The number of carbonyl (C=O) groups is 10. The number of rotatable bonds is 37. The van der Waals surface area contributed by atoms with Gasteiger partial charge in [0.25, 0.3) is 11.3 Å². The monoisotopic (exact) mass is 1080 g/mol. The Balaban J connectivity index is 1.86. The summed E-state index contributed by atoms with van der Waals surface area (Å²) in [4.78, 5) is 138. The van der Waals surface area contributed by atoms with E-state index in [-0.39, 0.29) is 52.1 Å². The third-order valence-electron chi connectivity index (χ3n) is 11.0. The first kappa shape index (κ1) is 61.4. The highest BCUT2D eigenvalue weighted by atomic mass is 32.2. The van der Waals surface area contributed by atoms with E-state index in [9.17, 15) is 87.3 Å². The van der Waals surface area contributed by atoms with E-state index in [0.717, 1.165) is 15.4 Å². The van der Waals surface area contributed by atoms with Crippen molar-refractivity contribution in [3.8, 4) is 0 Å². The highest BCUT2D eigenvalue weighted by Gasteiger charge is 2.27. The van der Waals surface area contributed by atoms with Crippen molar-refractivity contribution >= 4 is 76.4 Å². The lowest BCUT2D eigenvalue weighted by Gasteiger charge is -2.27. The molecule has 3 aromatic rings. The third kappa shape index (κ3) is 23.7. The number of hydrogen-bond acceptors (Lipinski definition) is 16. The van der Waals surface area contributed by atoms with Crippen molar-refractivity contribution in [2.24, 2.45) is 0 Å². The number of aliphatic carboxylic acids is 6. The SMILES string of the molecule is CN(CC(=O)O)C(=O)CN(CCCn1ccnc1CN(CCc1ccc(NS(=O)O)cc1)Cc1nccn1CCCN(CC(=O)N(C)CC(=O)O)CC(=O)N(CC(=O)O)CC(=O)O)CC(=O)N(CC(=O)O)CC(=O)O. The second kappa shape index (κ2) is 31.0. The highest BCUT2D eigenvalue weighted by Crippen LogP contribution is 2.15. The summed E-state index contributed by atoms with van der Waals surface area (Å²) in [6, 6.07) is 6.84. The Morgan fingerprint density at radius 1 is 0.507 bits per heavy atom. The predicted octanol–water partition coefficient (Wildman–Crippen LogP) is -2.66. The maximum absolute atomic E-state index is 13.2. The van der Waals surface area contributed by atoms with Gasteiger partial charge in [-0.15, -0.1) is 0 Å². The first-order chi connectivity index (χ1) is 35.4. The second-order valence-electron chi connectivity index (χ2n) is 17.1. The number of anilines is 1. The maximum atomic E-state index is 13.2. The van der Waals surface area contributed by atoms with Crippen LogP contribution in [0.15, 0.2) is 49.1 Å². The molecule has 0 aliphatic carbocycles. The molecule has 3 rings (SSSR count). The van der Waals surface area contributed by atoms with Crippen molar-refractivity contribution in [3.05, 3.63) is 66.3 Å². The number of aryl methyl sites for hydroxylation is 2. The van der Waals surface area contributed by atoms with Gasteiger partial charge in [-0.25, -0.2) is 14.2 Å². The minimum atomic E-state index is -2.29. The molecule has 31 heteroatoms. The summed E-state index contributed by atoms with van der Waals surface area (Å²) in [6.07, 6.45) is 7.57. The maximum Gasteiger partial charge on any atom is 0.323 e. The average molecular weight is 1080 g/mol. The van der Waals surface area contributed by atoms with Gasteiger partial charge in [-0.05, 0) is 37.0 Å². The van der Waals surface area contributed by atoms with Crippen LogP contribution >= 0.6 is 0 Å². The molecule has 4 amide bonds. The van der Waals surface area contributed by atoms with Crippen LogP contribution in [-0.4, -0.2) is 251 Å². The molecule has 1 aromatic carbocycles. The Hall–Kier alpha value is -7.87. The van der Waals surface area contributed by atoms with Gasteiger partial charge in [0.1, 0.15) is 50.9 Å². The van der Waals surface area contributed by atoms with Crippen LogP contribution in [0.4, 0.5) is 5.69 Å². The Morgan fingerprint density at radius 3 is 1.21 bits per heavy atom. The van der Waals surface area contributed by atoms with Gasteiger partial charge >= 0.3 is 35.8 Å². The van der Waals surface area contributed by atoms with Crippen molar-refractivity contribution in [2.45, 2.75) is 45.4 Å². The molecule has 8 N–H and O–H groups in total. The number of imidazole rings is 2. The quantitative estimate of drug-likeness (QED) is 0.0273. The number of likely N-dealkylation sites (N-methyl/N-ethyl adjacent to an activating group) is 2. The van der Waals surface area contributed by atoms with Crippen molar-refractivity contribution in [1.29, 1.82) is 0 Å². The zero-order valence-electron chi connectivity index (χ0n) is 41.2. The summed E-state index contributed by atoms with van der Waals surface area (Å²) in [5.74, 6) is -10.4. The number of carbonyl (C=O) groups excluding carboxylic acids is 4. The fraction of sp³-hybridized carbons (Fsp3) is 0.500. The van der Waals surface area contributed by atoms with Crippen LogP contribution in [0.3, 0.4) is 0 Å². The van der Waals surface area contributed by atoms with Crippen molar-refractivity contribution in [1.82, 2.24) is 53.4 Å². The molecule has 0 spiro atoms. The summed E-state index contributed by atoms with van der Waals surface area (Å²) >= 11 is -2.29. The van der Waals surface area contributed by atoms with E-state index in [2.05, 4.69) is 14.7 Å². The number of amides is 4. The van der Waals surface area contributed by atoms with Gasteiger partial charge in [-0.2, -0.15) is 0 Å². The van der Waals surface area contributed by atoms with Crippen LogP contribution in [0, 0.1) is 0 Å². The number of hydrogen-bond donors (Lipinski definition) is 8. The zero-order valence-corrected chi connectivity index (χ0v) is 42.0. The second-order valence-corrected chi connectivity index (χ2v) is 17.8. The summed E-state index contributed by atoms with van der Waals surface area (Å²) in [5, 5.41) is 55.6. The molecular formula is C44H62N12O18S. The molecule has 0 radical (unpaired) electrons. The van der Waals surface area contributed by atoms with E-state index in [4.69, 9.17) is 0 Å². The van der Waals surface area contributed by atoms with Crippen molar-refractivity contribution in [2.75, 3.05) is 104 Å². The highest BCUT2D eigenvalue weighted by molar-refractivity contribution is 7.80. The van der Waals surface area contributed by atoms with Crippen LogP contribution in [0.1, 0.15) is 30.1 Å². The van der Waals surface area contributed by atoms with E-state index in [1.165, 1.54) is 23.9 Å². The van der Waals surface area contributed by atoms with Gasteiger partial charge in [-0.3, -0.25) is 71.9 Å². The summed E-state index contributed by atoms with van der Waals surface area (Å²) in [6.45, 7) is -5.46. The number of carboxylic acid groups (broad SMARTS) is 6. The smallest absolute Gasteiger partial charge is 0.323 e. The molecule has 1 unspecified atom stereocenters. The van der Waals surface area contributed by atoms with Crippen LogP contribution in [0.5, 0.6) is 0 Å². The molecule has 0 bridgehead atoms. The largest absolute Gasteiger partial charge is 0.480 e. The molecule has 0 fully saturated rings. The molecule has 0 aliphatic heterocycles. The lowest BCUT2D eigenvalue weighted by Crippen LogP contribution is -2.48. The molecule has 0 saturated heterocycles. The first-order valence-corrected chi connectivity index (χ1v) is 24.0. The van der Waals surface area contributed by atoms with E-state index in [1.54, 1.807) is 49.1 Å². The Kier molecular flexibility index (Phi) is 25.4. The molecule has 2 aromatic heterocycles. The summed E-state index contributed by atoms with van der Waals surface area (Å²) < 4.78 is 26.6. The fourth-order valence-corrected chi connectivity index (χ4v) is 7.73. The average Bonchev–Trinajstić information content (AvgIpc) is 3.95. The number of aromatic nitrogens is 4. The number of nitrogens with one attached hydrogen (secondary N) is 1. The Bertz CT molecular complexity index is 2320. The predicted molar refractivity (Wildman–Crippen MR) is 259 cm³/mol. The molecule has 2 heterocycles. The molecule has 412 valence electrons. The van der Waals surface area contributed by atoms with Crippen LogP contribution in [-0.2, 0) is 91.8 Å². The van der Waals surface area contributed by atoms with Gasteiger partial charge in [-0.1, -0.05) is 12.1 Å². The Labute approximate surface area is 431 Å². The Morgan fingerprint density at radius 2 is 0.867 bits per heavy atom. The minimum Gasteiger partial charge on any atom is -0.480 e. The van der Waals surface area contributed by atoms with Crippen LogP contribution in [0.2, 0.25) is 0 Å². The number of nitrogens with zero attached hydrogens (tertiary/aromatic N) is 11. The third-order valence-corrected chi connectivity index (χ3v) is 11.4. The molecule has 0 saturated carbocycles. The van der Waals surface area contributed by atoms with Crippen molar-refractivity contribution < 1.29 is 87.3 Å². The van der Waals surface area contributed by atoms with Gasteiger partial charge in [0.05, 0.1) is 39.3 Å². The standard InChI is InChI=1S/C44H62N12O18S/c1-48(25-39(61)62)35(57)21-50(23-37(59)55(27-41(65)66)28-42(67)68)12-3-14-53-17-10-45-33(53)19-52(16-9-31-5-7-32(8-6-31)47-75(73)74)20-34-46-11-18-54(34)15-4-13-51(22-36(58)49(2)26-40(63)64)24-38(60)56(29-43(69)70)30-44(71)72/h5-8,10-11,17-18,47H,3-4,9,12-16,19-30H2,1-2H3,(H,61,62)(H,63,64)(H,65,66)(H,67,68)(H,69,70)(H,71,72)(H,73,74). The van der Waals surface area contributed by atoms with Crippen LogP contribution < -0.4 is 4.72 Å². The molecule has 1 atom stereocenters. The van der Waals surface area contributed by atoms with Gasteiger partial charge < -0.3 is 59.4 Å². The molecule has 75 heavy (non-hydrogen) atoms. The summed E-state index contributed by atoms with van der Waals surface area (Å²) in [7, 11) is 2.51. The van der Waals surface area contributed by atoms with Gasteiger partial charge in [0.15, 0.2) is 0 Å². The van der Waals surface area contributed by atoms with E-state index in [1.807, 2.05) is 14.0 Å². The topological polar surface area (TPSA) is 400 Å². The normalized spacial score (nSPS) is 11.5. The van der Waals surface area contributed by atoms with Gasteiger partial charge in [0, 0.05) is 77.3 Å². The minimum absolute atomic E-state index is 0.0432. The van der Waals surface area contributed by atoms with Crippen molar-refractivity contribution in [3.63, 3.8) is 0 Å². The first-order valence-electron chi connectivity index (χ1n) is 22.9.